The number of benzene rings is 1. The van der Waals surface area contributed by atoms with Crippen molar-refractivity contribution in [2.75, 3.05) is 35.6 Å². The van der Waals surface area contributed by atoms with Gasteiger partial charge in [0.05, 0.1) is 5.75 Å². The Bertz CT molecular complexity index is 857. The summed E-state index contributed by atoms with van der Waals surface area (Å²) in [7, 11) is 0. The zero-order valence-electron chi connectivity index (χ0n) is 16.9. The molecule has 0 saturated carbocycles. The molecule has 1 fully saturated rings. The highest BCUT2D eigenvalue weighted by molar-refractivity contribution is 7.99. The number of halogens is 1. The molecule has 0 bridgehead atoms. The van der Waals surface area contributed by atoms with Crippen molar-refractivity contribution in [1.29, 1.82) is 0 Å². The highest BCUT2D eigenvalue weighted by Crippen LogP contribution is 2.23. The second kappa shape index (κ2) is 10.9. The normalized spacial score (nSPS) is 14.4. The third kappa shape index (κ3) is 6.41. The van der Waals surface area contributed by atoms with Crippen LogP contribution in [0.2, 0.25) is 0 Å². The number of piperidine rings is 1. The van der Waals surface area contributed by atoms with Crippen molar-refractivity contribution < 1.29 is 14.0 Å². The molecule has 2 amide bonds. The number of thioether (sulfide) groups is 1. The van der Waals surface area contributed by atoms with E-state index in [4.69, 9.17) is 0 Å². The zero-order chi connectivity index (χ0) is 21.3. The molecule has 2 aromatic rings. The highest BCUT2D eigenvalue weighted by Gasteiger charge is 2.25. The average molecular weight is 432 g/mol. The van der Waals surface area contributed by atoms with Crippen molar-refractivity contribution in [3.8, 4) is 0 Å². The molecule has 3 rings (SSSR count). The topological polar surface area (TPSA) is 87.2 Å². The summed E-state index contributed by atoms with van der Waals surface area (Å²) in [4.78, 5) is 26.2. The molecular weight excluding hydrogens is 405 g/mol. The van der Waals surface area contributed by atoms with Gasteiger partial charge in [-0.1, -0.05) is 24.8 Å². The van der Waals surface area contributed by atoms with E-state index in [1.807, 2.05) is 19.1 Å². The van der Waals surface area contributed by atoms with Gasteiger partial charge >= 0.3 is 0 Å². The van der Waals surface area contributed by atoms with Crippen molar-refractivity contribution in [1.82, 2.24) is 15.5 Å². The summed E-state index contributed by atoms with van der Waals surface area (Å²) in [5, 5.41) is 14.7. The van der Waals surface area contributed by atoms with Crippen LogP contribution in [0.1, 0.15) is 26.2 Å². The Hall–Kier alpha value is -2.68. The standard InChI is InChI=1S/C21H26FN5O2S/c1-2-10-23-21(29)15-8-11-27(12-9-15)18-6-7-20(26-25-18)30-14-19(28)24-17-5-3-4-16(22)13-17/h3-7,13,15H,2,8-12,14H2,1H3,(H,23,29)(H,24,28). The molecule has 1 aliphatic heterocycles. The van der Waals surface area contributed by atoms with E-state index in [9.17, 15) is 14.0 Å². The molecule has 160 valence electrons. The Morgan fingerprint density at radius 3 is 2.67 bits per heavy atom. The summed E-state index contributed by atoms with van der Waals surface area (Å²) >= 11 is 1.27. The number of nitrogens with one attached hydrogen (secondary N) is 2. The van der Waals surface area contributed by atoms with E-state index in [0.29, 0.717) is 10.7 Å². The van der Waals surface area contributed by atoms with Crippen LogP contribution < -0.4 is 15.5 Å². The third-order valence-electron chi connectivity index (χ3n) is 4.82. The second-order valence-corrected chi connectivity index (χ2v) is 8.12. The number of amides is 2. The fraction of sp³-hybridized carbons (Fsp3) is 0.429. The van der Waals surface area contributed by atoms with Crippen LogP contribution in [0.25, 0.3) is 0 Å². The van der Waals surface area contributed by atoms with E-state index >= 15 is 0 Å². The minimum Gasteiger partial charge on any atom is -0.356 e. The molecule has 0 spiro atoms. The number of carbonyl (C=O) groups is 2. The molecule has 2 N–H and O–H groups in total. The van der Waals surface area contributed by atoms with Gasteiger partial charge in [-0.2, -0.15) is 0 Å². The molecular formula is C21H26FN5O2S. The predicted octanol–water partition coefficient (Wildman–Crippen LogP) is 3.09. The number of anilines is 2. The molecule has 9 heteroatoms. The molecule has 30 heavy (non-hydrogen) atoms. The largest absolute Gasteiger partial charge is 0.356 e. The van der Waals surface area contributed by atoms with Crippen molar-refractivity contribution in [3.05, 3.63) is 42.2 Å². The average Bonchev–Trinajstić information content (AvgIpc) is 2.76. The smallest absolute Gasteiger partial charge is 0.234 e. The van der Waals surface area contributed by atoms with Crippen LogP contribution in [0.5, 0.6) is 0 Å². The number of rotatable bonds is 8. The quantitative estimate of drug-likeness (QED) is 0.625. The monoisotopic (exact) mass is 431 g/mol. The fourth-order valence-corrected chi connectivity index (χ4v) is 3.84. The molecule has 0 atom stereocenters. The first-order valence-corrected chi connectivity index (χ1v) is 11.1. The van der Waals surface area contributed by atoms with E-state index in [1.165, 1.54) is 23.9 Å². The molecule has 1 saturated heterocycles. The summed E-state index contributed by atoms with van der Waals surface area (Å²) in [6, 6.07) is 9.50. The van der Waals surface area contributed by atoms with Crippen LogP contribution in [0.15, 0.2) is 41.4 Å². The first kappa shape index (κ1) is 22.0. The number of hydrogen-bond donors (Lipinski definition) is 2. The molecule has 1 aliphatic rings. The van der Waals surface area contributed by atoms with E-state index in [2.05, 4.69) is 25.7 Å². The second-order valence-electron chi connectivity index (χ2n) is 7.13. The summed E-state index contributed by atoms with van der Waals surface area (Å²) in [5.41, 5.74) is 0.425. The van der Waals surface area contributed by atoms with Gasteiger partial charge < -0.3 is 15.5 Å². The van der Waals surface area contributed by atoms with Crippen LogP contribution in [-0.2, 0) is 9.59 Å². The third-order valence-corrected chi connectivity index (χ3v) is 5.74. The van der Waals surface area contributed by atoms with E-state index in [1.54, 1.807) is 12.1 Å². The maximum atomic E-state index is 13.2. The summed E-state index contributed by atoms with van der Waals surface area (Å²) in [5.74, 6) is 0.504. The highest BCUT2D eigenvalue weighted by atomic mass is 32.2. The Kier molecular flexibility index (Phi) is 8.01. The van der Waals surface area contributed by atoms with Crippen molar-refractivity contribution in [2.45, 2.75) is 31.2 Å². The van der Waals surface area contributed by atoms with Crippen molar-refractivity contribution in [3.63, 3.8) is 0 Å². The predicted molar refractivity (Wildman–Crippen MR) is 116 cm³/mol. The molecule has 1 aromatic carbocycles. The number of carbonyl (C=O) groups excluding carboxylic acids is 2. The molecule has 0 unspecified atom stereocenters. The molecule has 0 radical (unpaired) electrons. The van der Waals surface area contributed by atoms with E-state index in [0.717, 1.165) is 44.7 Å². The van der Waals surface area contributed by atoms with Gasteiger partial charge in [-0.05, 0) is 49.6 Å². The van der Waals surface area contributed by atoms with E-state index in [-0.39, 0.29) is 23.5 Å². The first-order valence-electron chi connectivity index (χ1n) is 10.1. The van der Waals surface area contributed by atoms with Gasteiger partial charge in [-0.25, -0.2) is 4.39 Å². The maximum absolute atomic E-state index is 13.2. The summed E-state index contributed by atoms with van der Waals surface area (Å²) < 4.78 is 13.2. The Labute approximate surface area is 179 Å². The lowest BCUT2D eigenvalue weighted by Gasteiger charge is -2.31. The lowest BCUT2D eigenvalue weighted by atomic mass is 9.96. The Balaban J connectivity index is 1.44. The van der Waals surface area contributed by atoms with Gasteiger partial charge in [-0.3, -0.25) is 9.59 Å². The van der Waals surface area contributed by atoms with Crippen molar-refractivity contribution in [2.24, 2.45) is 5.92 Å². The zero-order valence-corrected chi connectivity index (χ0v) is 17.8. The van der Waals surface area contributed by atoms with Gasteiger partial charge in [0.1, 0.15) is 10.8 Å². The summed E-state index contributed by atoms with van der Waals surface area (Å²) in [6.45, 7) is 4.30. The van der Waals surface area contributed by atoms with Crippen LogP contribution in [0.4, 0.5) is 15.9 Å². The Morgan fingerprint density at radius 1 is 1.20 bits per heavy atom. The SMILES string of the molecule is CCCNC(=O)C1CCN(c2ccc(SCC(=O)Nc3cccc(F)c3)nn2)CC1. The van der Waals surface area contributed by atoms with Gasteiger partial charge in [0.15, 0.2) is 5.82 Å². The first-order chi connectivity index (χ1) is 14.5. The van der Waals surface area contributed by atoms with E-state index < -0.39 is 5.82 Å². The van der Waals surface area contributed by atoms with Crippen molar-refractivity contribution >= 4 is 35.1 Å². The molecule has 0 aliphatic carbocycles. The van der Waals surface area contributed by atoms with Gasteiger partial charge in [-0.15, -0.1) is 10.2 Å². The number of aromatic nitrogens is 2. The molecule has 1 aromatic heterocycles. The lowest BCUT2D eigenvalue weighted by Crippen LogP contribution is -2.41. The molecule has 7 nitrogen and oxygen atoms in total. The fourth-order valence-electron chi connectivity index (χ4n) is 3.22. The van der Waals surface area contributed by atoms with Crippen LogP contribution in [-0.4, -0.2) is 47.4 Å². The minimum absolute atomic E-state index is 0.0622. The number of hydrogen-bond acceptors (Lipinski definition) is 6. The van der Waals surface area contributed by atoms with Gasteiger partial charge in [0.25, 0.3) is 0 Å². The Morgan fingerprint density at radius 2 is 2.00 bits per heavy atom. The lowest BCUT2D eigenvalue weighted by molar-refractivity contribution is -0.125. The van der Waals surface area contributed by atoms with Crippen LogP contribution in [0.3, 0.4) is 0 Å². The minimum atomic E-state index is -0.396. The maximum Gasteiger partial charge on any atom is 0.234 e. The number of nitrogens with zero attached hydrogens (tertiary/aromatic N) is 3. The van der Waals surface area contributed by atoms with Gasteiger partial charge in [0.2, 0.25) is 11.8 Å². The van der Waals surface area contributed by atoms with Crippen LogP contribution in [0, 0.1) is 11.7 Å². The van der Waals surface area contributed by atoms with Crippen LogP contribution >= 0.6 is 11.8 Å². The summed E-state index contributed by atoms with van der Waals surface area (Å²) in [6.07, 6.45) is 2.54. The molecule has 2 heterocycles. The van der Waals surface area contributed by atoms with Gasteiger partial charge in [0, 0.05) is 31.2 Å².